The lowest BCUT2D eigenvalue weighted by Crippen LogP contribution is -2.49. The van der Waals surface area contributed by atoms with E-state index in [1.165, 1.54) is 0 Å². The van der Waals surface area contributed by atoms with Gasteiger partial charge >= 0.3 is 0 Å². The molecule has 0 radical (unpaired) electrons. The summed E-state index contributed by atoms with van der Waals surface area (Å²) in [4.78, 5) is 14.1. The van der Waals surface area contributed by atoms with Crippen molar-refractivity contribution in [2.45, 2.75) is 19.8 Å². The topological polar surface area (TPSA) is 53.6 Å². The van der Waals surface area contributed by atoms with Gasteiger partial charge in [0.25, 0.3) is 0 Å². The maximum atomic E-state index is 11.9. The van der Waals surface area contributed by atoms with Crippen molar-refractivity contribution in [1.82, 2.24) is 15.5 Å². The summed E-state index contributed by atoms with van der Waals surface area (Å²) in [6, 6.07) is 0. The monoisotopic (exact) mass is 255 g/mol. The average Bonchev–Trinajstić information content (AvgIpc) is 2.39. The Hall–Kier alpha value is -0.650. The molecule has 0 atom stereocenters. The average molecular weight is 255 g/mol. The van der Waals surface area contributed by atoms with Crippen LogP contribution in [0.15, 0.2) is 0 Å². The quantitative estimate of drug-likeness (QED) is 0.732. The van der Waals surface area contributed by atoms with Crippen LogP contribution in [0, 0.1) is 5.41 Å². The van der Waals surface area contributed by atoms with Gasteiger partial charge in [0.15, 0.2) is 0 Å². The van der Waals surface area contributed by atoms with Gasteiger partial charge in [-0.3, -0.25) is 9.69 Å². The Balaban J connectivity index is 1.67. The van der Waals surface area contributed by atoms with Crippen molar-refractivity contribution >= 4 is 5.91 Å². The van der Waals surface area contributed by atoms with Crippen molar-refractivity contribution in [3.63, 3.8) is 0 Å². The molecule has 0 aromatic heterocycles. The molecule has 2 saturated heterocycles. The number of ether oxygens (including phenoxy) is 1. The van der Waals surface area contributed by atoms with E-state index >= 15 is 0 Å². The van der Waals surface area contributed by atoms with Crippen molar-refractivity contribution in [2.24, 2.45) is 5.41 Å². The van der Waals surface area contributed by atoms with E-state index in [2.05, 4.69) is 22.5 Å². The number of carbonyl (C=O) groups is 1. The van der Waals surface area contributed by atoms with Crippen molar-refractivity contribution in [1.29, 1.82) is 0 Å². The Bertz CT molecular complexity index is 271. The van der Waals surface area contributed by atoms with Gasteiger partial charge in [0.05, 0.1) is 6.54 Å². The molecule has 104 valence electrons. The second kappa shape index (κ2) is 6.50. The van der Waals surface area contributed by atoms with Gasteiger partial charge in [-0.25, -0.2) is 0 Å². The van der Waals surface area contributed by atoms with E-state index in [9.17, 15) is 4.79 Å². The highest BCUT2D eigenvalue weighted by Crippen LogP contribution is 2.28. The number of nitrogens with zero attached hydrogens (tertiary/aromatic N) is 1. The molecule has 0 aliphatic carbocycles. The van der Waals surface area contributed by atoms with Gasteiger partial charge < -0.3 is 15.4 Å². The first-order valence-electron chi connectivity index (χ1n) is 6.96. The lowest BCUT2D eigenvalue weighted by Gasteiger charge is -2.34. The summed E-state index contributed by atoms with van der Waals surface area (Å²) in [6.07, 6.45) is 2.09. The third-order valence-corrected chi connectivity index (χ3v) is 3.99. The van der Waals surface area contributed by atoms with Crippen LogP contribution >= 0.6 is 0 Å². The van der Waals surface area contributed by atoms with Crippen LogP contribution < -0.4 is 10.6 Å². The summed E-state index contributed by atoms with van der Waals surface area (Å²) >= 11 is 0. The van der Waals surface area contributed by atoms with E-state index < -0.39 is 0 Å². The minimum absolute atomic E-state index is 0.157. The van der Waals surface area contributed by atoms with E-state index in [0.717, 1.165) is 58.8 Å². The maximum Gasteiger partial charge on any atom is 0.234 e. The lowest BCUT2D eigenvalue weighted by molar-refractivity contribution is -0.123. The normalized spacial score (nSPS) is 24.7. The van der Waals surface area contributed by atoms with E-state index in [4.69, 9.17) is 4.74 Å². The summed E-state index contributed by atoms with van der Waals surface area (Å²) < 4.78 is 5.37. The lowest BCUT2D eigenvalue weighted by atomic mass is 9.82. The summed E-state index contributed by atoms with van der Waals surface area (Å²) in [6.45, 7) is 9.12. The standard InChI is InChI=1S/C13H25N3O2/c1-13(2-8-18-9-3-13)11-15-12(17)10-16-6-4-14-5-7-16/h14H,2-11H2,1H3,(H,15,17). The molecule has 2 fully saturated rings. The van der Waals surface area contributed by atoms with Crippen LogP contribution in [-0.2, 0) is 9.53 Å². The SMILES string of the molecule is CC1(CNC(=O)CN2CCNCC2)CCOCC1. The molecule has 2 aliphatic heterocycles. The van der Waals surface area contributed by atoms with Crippen LogP contribution in [-0.4, -0.2) is 63.3 Å². The van der Waals surface area contributed by atoms with E-state index in [0.29, 0.717) is 6.54 Å². The Morgan fingerprint density at radius 1 is 1.33 bits per heavy atom. The number of carbonyl (C=O) groups excluding carboxylic acids is 1. The van der Waals surface area contributed by atoms with E-state index in [1.807, 2.05) is 0 Å². The number of hydrogen-bond acceptors (Lipinski definition) is 4. The fourth-order valence-electron chi connectivity index (χ4n) is 2.48. The van der Waals surface area contributed by atoms with Gasteiger partial charge in [-0.15, -0.1) is 0 Å². The first-order valence-corrected chi connectivity index (χ1v) is 6.96. The molecule has 2 aliphatic rings. The van der Waals surface area contributed by atoms with Crippen molar-refractivity contribution in [2.75, 3.05) is 52.5 Å². The molecule has 0 saturated carbocycles. The highest BCUT2D eigenvalue weighted by atomic mass is 16.5. The predicted molar refractivity (Wildman–Crippen MR) is 70.5 cm³/mol. The summed E-state index contributed by atoms with van der Waals surface area (Å²) in [7, 11) is 0. The molecule has 2 N–H and O–H groups in total. The van der Waals surface area contributed by atoms with Gasteiger partial charge in [-0.05, 0) is 18.3 Å². The molecule has 0 bridgehead atoms. The van der Waals surface area contributed by atoms with Gasteiger partial charge in [0.2, 0.25) is 5.91 Å². The third kappa shape index (κ3) is 4.23. The van der Waals surface area contributed by atoms with Crippen LogP contribution in [0.2, 0.25) is 0 Å². The third-order valence-electron chi connectivity index (χ3n) is 3.99. The fourth-order valence-corrected chi connectivity index (χ4v) is 2.48. The predicted octanol–water partition coefficient (Wildman–Crippen LogP) is -0.175. The van der Waals surface area contributed by atoms with Crippen LogP contribution in [0.4, 0.5) is 0 Å². The Kier molecular flexibility index (Phi) is 4.97. The van der Waals surface area contributed by atoms with Crippen LogP contribution in [0.5, 0.6) is 0 Å². The molecule has 0 unspecified atom stereocenters. The zero-order valence-corrected chi connectivity index (χ0v) is 11.3. The van der Waals surface area contributed by atoms with Crippen LogP contribution in [0.25, 0.3) is 0 Å². The first kappa shape index (κ1) is 13.8. The van der Waals surface area contributed by atoms with Crippen molar-refractivity contribution in [3.8, 4) is 0 Å². The van der Waals surface area contributed by atoms with Gasteiger partial charge in [-0.2, -0.15) is 0 Å². The number of hydrogen-bond donors (Lipinski definition) is 2. The van der Waals surface area contributed by atoms with Gasteiger partial charge in [0, 0.05) is 45.9 Å². The van der Waals surface area contributed by atoms with Crippen molar-refractivity contribution < 1.29 is 9.53 Å². The van der Waals surface area contributed by atoms with E-state index in [1.54, 1.807) is 0 Å². The molecule has 5 nitrogen and oxygen atoms in total. The van der Waals surface area contributed by atoms with Crippen LogP contribution in [0.1, 0.15) is 19.8 Å². The first-order chi connectivity index (χ1) is 8.68. The maximum absolute atomic E-state index is 11.9. The summed E-state index contributed by atoms with van der Waals surface area (Å²) in [5.41, 5.74) is 0.220. The Morgan fingerprint density at radius 3 is 2.67 bits per heavy atom. The molecule has 2 rings (SSSR count). The minimum Gasteiger partial charge on any atom is -0.381 e. The number of nitrogens with one attached hydrogen (secondary N) is 2. The second-order valence-corrected chi connectivity index (χ2v) is 5.73. The highest BCUT2D eigenvalue weighted by molar-refractivity contribution is 5.78. The molecule has 1 amide bonds. The molecule has 18 heavy (non-hydrogen) atoms. The molecular formula is C13H25N3O2. The zero-order valence-electron chi connectivity index (χ0n) is 11.3. The number of piperazine rings is 1. The molecular weight excluding hydrogens is 230 g/mol. The van der Waals surface area contributed by atoms with Gasteiger partial charge in [-0.1, -0.05) is 6.92 Å². The van der Waals surface area contributed by atoms with Crippen molar-refractivity contribution in [3.05, 3.63) is 0 Å². The van der Waals surface area contributed by atoms with E-state index in [-0.39, 0.29) is 11.3 Å². The number of amides is 1. The summed E-state index contributed by atoms with van der Waals surface area (Å²) in [5.74, 6) is 0.157. The smallest absolute Gasteiger partial charge is 0.234 e. The zero-order chi connectivity index (χ0) is 12.8. The molecule has 0 spiro atoms. The second-order valence-electron chi connectivity index (χ2n) is 5.73. The Morgan fingerprint density at radius 2 is 2.00 bits per heavy atom. The Labute approximate surface area is 109 Å². The highest BCUT2D eigenvalue weighted by Gasteiger charge is 2.27. The van der Waals surface area contributed by atoms with Gasteiger partial charge in [0.1, 0.15) is 0 Å². The largest absolute Gasteiger partial charge is 0.381 e. The molecule has 0 aromatic carbocycles. The minimum atomic E-state index is 0.157. The number of rotatable bonds is 4. The molecule has 5 heteroatoms. The fraction of sp³-hybridized carbons (Fsp3) is 0.923. The molecule has 0 aromatic rings. The van der Waals surface area contributed by atoms with Crippen LogP contribution in [0.3, 0.4) is 0 Å². The summed E-state index contributed by atoms with van der Waals surface area (Å²) in [5, 5.41) is 6.37. The molecule has 2 heterocycles.